The van der Waals surface area contributed by atoms with Crippen LogP contribution in [0.15, 0.2) is 46.9 Å². The van der Waals surface area contributed by atoms with Gasteiger partial charge < -0.3 is 24.5 Å². The Hall–Kier alpha value is -3.33. The summed E-state index contributed by atoms with van der Waals surface area (Å²) in [5, 5.41) is 12.7. The molecule has 2 amide bonds. The van der Waals surface area contributed by atoms with E-state index in [0.29, 0.717) is 18.7 Å². The molecule has 4 aromatic rings. The summed E-state index contributed by atoms with van der Waals surface area (Å²) >= 11 is 3.66. The minimum absolute atomic E-state index is 0.116. The number of carboxylic acid groups (broad SMARTS) is 1. The summed E-state index contributed by atoms with van der Waals surface area (Å²) in [5.74, 6) is 0.719. The number of nitrogens with zero attached hydrogens (tertiary/aromatic N) is 4. The Morgan fingerprint density at radius 2 is 2.03 bits per heavy atom. The molecule has 34 heavy (non-hydrogen) atoms. The number of benzene rings is 2. The van der Waals surface area contributed by atoms with Crippen molar-refractivity contribution in [2.24, 2.45) is 7.05 Å². The number of likely N-dealkylation sites (tertiary alicyclic amines) is 1. The number of rotatable bonds is 4. The third-order valence-electron chi connectivity index (χ3n) is 6.56. The average molecular weight is 524 g/mol. The number of carbonyl (C=O) groups excluding carboxylic acids is 1. The van der Waals surface area contributed by atoms with Crippen LogP contribution in [0, 0.1) is 0 Å². The monoisotopic (exact) mass is 523 g/mol. The molecule has 0 spiro atoms. The Labute approximate surface area is 205 Å². The maximum absolute atomic E-state index is 13.3. The lowest BCUT2D eigenvalue weighted by atomic mass is 10.0. The van der Waals surface area contributed by atoms with E-state index in [-0.39, 0.29) is 11.9 Å². The Kier molecular flexibility index (Phi) is 5.81. The number of piperidine rings is 1. The van der Waals surface area contributed by atoms with E-state index in [1.165, 1.54) is 0 Å². The lowest BCUT2D eigenvalue weighted by molar-refractivity contribution is 0.0692. The molecule has 176 valence electrons. The van der Waals surface area contributed by atoms with Gasteiger partial charge in [-0.2, -0.15) is 0 Å². The fourth-order valence-corrected chi connectivity index (χ4v) is 5.74. The number of amides is 2. The second-order valence-corrected chi connectivity index (χ2v) is 9.55. The minimum Gasteiger partial charge on any atom is -0.465 e. The van der Waals surface area contributed by atoms with Crippen molar-refractivity contribution in [2.75, 3.05) is 13.1 Å². The van der Waals surface area contributed by atoms with Crippen molar-refractivity contribution in [1.82, 2.24) is 24.3 Å². The van der Waals surface area contributed by atoms with Crippen molar-refractivity contribution in [1.29, 1.82) is 0 Å². The van der Waals surface area contributed by atoms with Crippen molar-refractivity contribution in [3.05, 3.63) is 52.5 Å². The maximum atomic E-state index is 13.3. The normalized spacial score (nSPS) is 16.3. The van der Waals surface area contributed by atoms with Crippen LogP contribution in [0.2, 0.25) is 0 Å². The first-order valence-electron chi connectivity index (χ1n) is 11.4. The standard InChI is InChI=1S/C25H26BrN5O3/c1-3-31-20-9-5-4-7-15(20)13-21(31)23-28-19-12-16(11-18(26)22(19)29(23)2)24(32)30-10-6-8-17(14-30)27-25(33)34/h4-5,7,9,11-13,17,27H,3,6,8,10,14H2,1-2H3,(H,33,34). The molecule has 1 saturated heterocycles. The summed E-state index contributed by atoms with van der Waals surface area (Å²) in [4.78, 5) is 31.0. The molecule has 0 aliphatic carbocycles. The summed E-state index contributed by atoms with van der Waals surface area (Å²) in [5.41, 5.74) is 4.39. The van der Waals surface area contributed by atoms with E-state index in [1.54, 1.807) is 4.90 Å². The predicted octanol–water partition coefficient (Wildman–Crippen LogP) is 4.85. The first-order valence-corrected chi connectivity index (χ1v) is 12.2. The molecular weight excluding hydrogens is 498 g/mol. The molecule has 9 heteroatoms. The van der Waals surface area contributed by atoms with Crippen molar-refractivity contribution >= 4 is 49.9 Å². The summed E-state index contributed by atoms with van der Waals surface area (Å²) < 4.78 is 5.10. The fraction of sp³-hybridized carbons (Fsp3) is 0.320. The van der Waals surface area contributed by atoms with E-state index in [0.717, 1.165) is 57.3 Å². The Bertz CT molecular complexity index is 1420. The van der Waals surface area contributed by atoms with E-state index >= 15 is 0 Å². The molecule has 0 saturated carbocycles. The lowest BCUT2D eigenvalue weighted by Gasteiger charge is -2.32. The summed E-state index contributed by atoms with van der Waals surface area (Å²) in [6.45, 7) is 3.91. The summed E-state index contributed by atoms with van der Waals surface area (Å²) in [6, 6.07) is 13.9. The zero-order valence-corrected chi connectivity index (χ0v) is 20.7. The van der Waals surface area contributed by atoms with Crippen molar-refractivity contribution < 1.29 is 14.7 Å². The number of fused-ring (bicyclic) bond motifs is 2. The molecule has 8 nitrogen and oxygen atoms in total. The van der Waals surface area contributed by atoms with Crippen LogP contribution in [-0.2, 0) is 13.6 Å². The van der Waals surface area contributed by atoms with Gasteiger partial charge in [-0.15, -0.1) is 0 Å². The Morgan fingerprint density at radius 1 is 1.24 bits per heavy atom. The van der Waals surface area contributed by atoms with E-state index in [2.05, 4.69) is 55.5 Å². The summed E-state index contributed by atoms with van der Waals surface area (Å²) in [7, 11) is 1.99. The van der Waals surface area contributed by atoms with Gasteiger partial charge in [0.25, 0.3) is 5.91 Å². The van der Waals surface area contributed by atoms with Crippen LogP contribution in [0.25, 0.3) is 33.5 Å². The highest BCUT2D eigenvalue weighted by Gasteiger charge is 2.27. The Morgan fingerprint density at radius 3 is 2.79 bits per heavy atom. The zero-order valence-electron chi connectivity index (χ0n) is 19.1. The number of halogens is 1. The van der Waals surface area contributed by atoms with Crippen molar-refractivity contribution in [3.63, 3.8) is 0 Å². The smallest absolute Gasteiger partial charge is 0.404 e. The van der Waals surface area contributed by atoms with Gasteiger partial charge in [-0.1, -0.05) is 18.2 Å². The molecule has 1 unspecified atom stereocenters. The van der Waals surface area contributed by atoms with Gasteiger partial charge in [-0.3, -0.25) is 4.79 Å². The molecule has 1 aliphatic heterocycles. The van der Waals surface area contributed by atoms with Crippen LogP contribution in [0.4, 0.5) is 4.79 Å². The maximum Gasteiger partial charge on any atom is 0.404 e. The van der Waals surface area contributed by atoms with Crippen LogP contribution in [-0.4, -0.2) is 55.3 Å². The minimum atomic E-state index is -1.06. The van der Waals surface area contributed by atoms with E-state index in [4.69, 9.17) is 10.1 Å². The largest absolute Gasteiger partial charge is 0.465 e. The lowest BCUT2D eigenvalue weighted by Crippen LogP contribution is -2.49. The number of carbonyl (C=O) groups is 2. The van der Waals surface area contributed by atoms with Crippen LogP contribution < -0.4 is 5.32 Å². The number of para-hydroxylation sites is 1. The fourth-order valence-electron chi connectivity index (χ4n) is 5.02. The van der Waals surface area contributed by atoms with Gasteiger partial charge in [0.15, 0.2) is 5.82 Å². The van der Waals surface area contributed by atoms with Crippen LogP contribution in [0.3, 0.4) is 0 Å². The molecule has 1 fully saturated rings. The van der Waals surface area contributed by atoms with Gasteiger partial charge in [0.05, 0.1) is 16.7 Å². The SMILES string of the molecule is CCn1c(-c2nc3cc(C(=O)N4CCCC(NC(=O)O)C4)cc(Br)c3n2C)cc2ccccc21. The third-order valence-corrected chi connectivity index (χ3v) is 7.17. The van der Waals surface area contributed by atoms with Gasteiger partial charge in [-0.05, 0) is 60.0 Å². The molecule has 0 radical (unpaired) electrons. The molecule has 1 atom stereocenters. The second-order valence-electron chi connectivity index (χ2n) is 8.69. The quantitative estimate of drug-likeness (QED) is 0.399. The highest BCUT2D eigenvalue weighted by molar-refractivity contribution is 9.10. The Balaban J connectivity index is 1.53. The van der Waals surface area contributed by atoms with Crippen LogP contribution >= 0.6 is 15.9 Å². The van der Waals surface area contributed by atoms with Gasteiger partial charge in [0, 0.05) is 53.7 Å². The molecule has 1 aliphatic rings. The second kappa shape index (κ2) is 8.79. The van der Waals surface area contributed by atoms with E-state index < -0.39 is 6.09 Å². The van der Waals surface area contributed by atoms with Gasteiger partial charge in [0.2, 0.25) is 0 Å². The van der Waals surface area contributed by atoms with Crippen molar-refractivity contribution in [2.45, 2.75) is 32.4 Å². The molecule has 2 aromatic heterocycles. The first kappa shape index (κ1) is 22.5. The molecular formula is C25H26BrN5O3. The average Bonchev–Trinajstić information content (AvgIpc) is 3.35. The van der Waals surface area contributed by atoms with Crippen molar-refractivity contribution in [3.8, 4) is 11.5 Å². The topological polar surface area (TPSA) is 92.4 Å². The number of imidazole rings is 1. The van der Waals surface area contributed by atoms with Gasteiger partial charge in [-0.25, -0.2) is 9.78 Å². The highest BCUT2D eigenvalue weighted by Crippen LogP contribution is 2.33. The molecule has 2 N–H and O–H groups in total. The molecule has 3 heterocycles. The number of hydrogen-bond donors (Lipinski definition) is 2. The first-order chi connectivity index (χ1) is 16.4. The third kappa shape index (κ3) is 3.83. The van der Waals surface area contributed by atoms with Gasteiger partial charge in [0.1, 0.15) is 0 Å². The number of aryl methyl sites for hydroxylation is 2. The predicted molar refractivity (Wildman–Crippen MR) is 135 cm³/mol. The number of nitrogens with one attached hydrogen (secondary N) is 1. The molecule has 0 bridgehead atoms. The number of aromatic nitrogens is 3. The van der Waals surface area contributed by atoms with E-state index in [9.17, 15) is 9.59 Å². The van der Waals surface area contributed by atoms with E-state index in [1.807, 2.05) is 31.3 Å². The van der Waals surface area contributed by atoms with Crippen LogP contribution in [0.1, 0.15) is 30.1 Å². The molecule has 5 rings (SSSR count). The highest BCUT2D eigenvalue weighted by atomic mass is 79.9. The van der Waals surface area contributed by atoms with Crippen LogP contribution in [0.5, 0.6) is 0 Å². The zero-order chi connectivity index (χ0) is 24.0. The van der Waals surface area contributed by atoms with Gasteiger partial charge >= 0.3 is 6.09 Å². The summed E-state index contributed by atoms with van der Waals surface area (Å²) in [6.07, 6.45) is 0.428. The molecule has 2 aromatic carbocycles. The number of hydrogen-bond acceptors (Lipinski definition) is 3.